The molecule has 1 aromatic rings. The number of halogens is 1. The Morgan fingerprint density at radius 2 is 2.20 bits per heavy atom. The second-order valence-electron chi connectivity index (χ2n) is 3.83. The molecule has 1 unspecified atom stereocenters. The summed E-state index contributed by atoms with van der Waals surface area (Å²) in [5.74, 6) is 0.194. The number of ether oxygens (including phenoxy) is 1. The maximum atomic E-state index is 11.3. The number of furan rings is 1. The van der Waals surface area contributed by atoms with Crippen LogP contribution < -0.4 is 5.73 Å². The Kier molecular flexibility index (Phi) is 3.57. The van der Waals surface area contributed by atoms with E-state index < -0.39 is 17.4 Å². The number of esters is 1. The molecule has 1 atom stereocenters. The number of hydrogen-bond donors (Lipinski definition) is 1. The second-order valence-corrected chi connectivity index (χ2v) is 4.61. The van der Waals surface area contributed by atoms with Gasteiger partial charge in [0.1, 0.15) is 11.8 Å². The molecule has 1 aromatic heterocycles. The van der Waals surface area contributed by atoms with E-state index in [1.807, 2.05) is 13.8 Å². The highest BCUT2D eigenvalue weighted by Crippen LogP contribution is 2.30. The van der Waals surface area contributed by atoms with Crippen LogP contribution in [0.3, 0.4) is 0 Å². The zero-order valence-corrected chi connectivity index (χ0v) is 10.5. The third-order valence-corrected chi connectivity index (χ3v) is 2.87. The van der Waals surface area contributed by atoms with Gasteiger partial charge in [0.2, 0.25) is 0 Å². The zero-order valence-electron chi connectivity index (χ0n) is 8.91. The third kappa shape index (κ3) is 2.41. The summed E-state index contributed by atoms with van der Waals surface area (Å²) >= 11 is 3.20. The minimum absolute atomic E-state index is 0.451. The Balaban J connectivity index is 2.96. The Morgan fingerprint density at radius 3 is 2.60 bits per heavy atom. The largest absolute Gasteiger partial charge is 0.468 e. The van der Waals surface area contributed by atoms with Crippen LogP contribution in [-0.4, -0.2) is 19.1 Å². The van der Waals surface area contributed by atoms with E-state index in [0.29, 0.717) is 10.4 Å². The molecule has 0 saturated carbocycles. The number of hydrogen-bond acceptors (Lipinski definition) is 4. The lowest BCUT2D eigenvalue weighted by Gasteiger charge is -2.27. The highest BCUT2D eigenvalue weighted by Gasteiger charge is 2.37. The fraction of sp³-hybridized carbons (Fsp3) is 0.500. The fourth-order valence-electron chi connectivity index (χ4n) is 1.24. The Morgan fingerprint density at radius 1 is 1.60 bits per heavy atom. The maximum absolute atomic E-state index is 11.3. The van der Waals surface area contributed by atoms with Crippen molar-refractivity contribution >= 4 is 21.9 Å². The number of carbonyl (C=O) groups excluding carboxylic acids is 1. The van der Waals surface area contributed by atoms with E-state index in [1.165, 1.54) is 7.11 Å². The lowest BCUT2D eigenvalue weighted by atomic mass is 9.82. The summed E-state index contributed by atoms with van der Waals surface area (Å²) in [5.41, 5.74) is 5.20. The van der Waals surface area contributed by atoms with Gasteiger partial charge in [-0.1, -0.05) is 13.8 Å². The number of methoxy groups -OCH3 is 1. The van der Waals surface area contributed by atoms with Gasteiger partial charge in [-0.3, -0.25) is 4.79 Å². The standard InChI is InChI=1S/C10H14BrNO3/c1-10(2,8(12)9(13)14-3)6-4-5-7(11)15-6/h4-5,8H,12H2,1-3H3. The molecule has 84 valence electrons. The van der Waals surface area contributed by atoms with Gasteiger partial charge in [0.25, 0.3) is 0 Å². The molecule has 0 aliphatic carbocycles. The van der Waals surface area contributed by atoms with Crippen molar-refractivity contribution in [3.8, 4) is 0 Å². The predicted octanol–water partition coefficient (Wildman–Crippen LogP) is 1.82. The summed E-state index contributed by atoms with van der Waals surface area (Å²) in [5, 5.41) is 0. The highest BCUT2D eigenvalue weighted by atomic mass is 79.9. The Bertz CT molecular complexity index is 359. The molecule has 1 heterocycles. The molecule has 0 bridgehead atoms. The van der Waals surface area contributed by atoms with Crippen LogP contribution in [0.1, 0.15) is 19.6 Å². The van der Waals surface area contributed by atoms with Gasteiger partial charge in [0.05, 0.1) is 7.11 Å². The van der Waals surface area contributed by atoms with Crippen molar-refractivity contribution < 1.29 is 13.9 Å². The Hall–Kier alpha value is -0.810. The van der Waals surface area contributed by atoms with Gasteiger partial charge in [-0.15, -0.1) is 0 Å². The van der Waals surface area contributed by atoms with E-state index in [-0.39, 0.29) is 0 Å². The van der Waals surface area contributed by atoms with Crippen molar-refractivity contribution in [2.45, 2.75) is 25.3 Å². The SMILES string of the molecule is COC(=O)C(N)C(C)(C)c1ccc(Br)o1. The molecule has 4 nitrogen and oxygen atoms in total. The molecule has 5 heteroatoms. The first-order chi connectivity index (χ1) is 6.89. The van der Waals surface area contributed by atoms with Crippen molar-refractivity contribution in [2.24, 2.45) is 5.73 Å². The van der Waals surface area contributed by atoms with Crippen LogP contribution in [0, 0.1) is 0 Å². The number of nitrogens with two attached hydrogens (primary N) is 1. The average Bonchev–Trinajstić information content (AvgIpc) is 2.63. The summed E-state index contributed by atoms with van der Waals surface area (Å²) in [4.78, 5) is 11.3. The zero-order chi connectivity index (χ0) is 11.6. The quantitative estimate of drug-likeness (QED) is 0.855. The minimum Gasteiger partial charge on any atom is -0.468 e. The topological polar surface area (TPSA) is 65.5 Å². The van der Waals surface area contributed by atoms with E-state index >= 15 is 0 Å². The van der Waals surface area contributed by atoms with Crippen LogP contribution >= 0.6 is 15.9 Å². The summed E-state index contributed by atoms with van der Waals surface area (Å²) in [7, 11) is 1.32. The monoisotopic (exact) mass is 275 g/mol. The second kappa shape index (κ2) is 4.37. The maximum Gasteiger partial charge on any atom is 0.323 e. The normalized spacial score (nSPS) is 13.7. The van der Waals surface area contributed by atoms with E-state index in [0.717, 1.165) is 0 Å². The van der Waals surface area contributed by atoms with Crippen LogP contribution in [0.5, 0.6) is 0 Å². The molecule has 0 fully saturated rings. The molecule has 0 spiro atoms. The molecule has 0 aromatic carbocycles. The summed E-state index contributed by atoms with van der Waals surface area (Å²) in [6, 6.07) is 2.80. The molecule has 0 aliphatic heterocycles. The van der Waals surface area contributed by atoms with E-state index in [9.17, 15) is 4.79 Å². The first-order valence-corrected chi connectivity index (χ1v) is 5.28. The third-order valence-electron chi connectivity index (χ3n) is 2.44. The molecule has 1 rings (SSSR count). The Labute approximate surface area is 96.9 Å². The molecule has 15 heavy (non-hydrogen) atoms. The van der Waals surface area contributed by atoms with Gasteiger partial charge in [-0.25, -0.2) is 0 Å². The van der Waals surface area contributed by atoms with Gasteiger partial charge < -0.3 is 14.9 Å². The summed E-state index contributed by atoms with van der Waals surface area (Å²) < 4.78 is 10.6. The first kappa shape index (κ1) is 12.3. The van der Waals surface area contributed by atoms with Crippen molar-refractivity contribution in [3.63, 3.8) is 0 Å². The minimum atomic E-state index is -0.749. The van der Waals surface area contributed by atoms with E-state index in [4.69, 9.17) is 10.2 Å². The van der Waals surface area contributed by atoms with Crippen molar-refractivity contribution in [3.05, 3.63) is 22.6 Å². The van der Waals surface area contributed by atoms with Gasteiger partial charge in [0, 0.05) is 5.41 Å². The molecule has 0 aliphatic rings. The van der Waals surface area contributed by atoms with Crippen molar-refractivity contribution in [1.82, 2.24) is 0 Å². The van der Waals surface area contributed by atoms with E-state index in [1.54, 1.807) is 12.1 Å². The predicted molar refractivity (Wildman–Crippen MR) is 59.4 cm³/mol. The lowest BCUT2D eigenvalue weighted by molar-refractivity contribution is -0.143. The fourth-order valence-corrected chi connectivity index (χ4v) is 1.54. The van der Waals surface area contributed by atoms with Crippen LogP contribution in [0.2, 0.25) is 0 Å². The van der Waals surface area contributed by atoms with Crippen LogP contribution in [0.15, 0.2) is 21.2 Å². The first-order valence-electron chi connectivity index (χ1n) is 4.49. The molecule has 0 saturated heterocycles. The van der Waals surface area contributed by atoms with Crippen LogP contribution in [0.4, 0.5) is 0 Å². The molecular formula is C10H14BrNO3. The summed E-state index contributed by atoms with van der Waals surface area (Å²) in [6.07, 6.45) is 0. The van der Waals surface area contributed by atoms with E-state index in [2.05, 4.69) is 20.7 Å². The smallest absolute Gasteiger partial charge is 0.323 e. The number of rotatable bonds is 3. The molecule has 2 N–H and O–H groups in total. The van der Waals surface area contributed by atoms with Crippen molar-refractivity contribution in [1.29, 1.82) is 0 Å². The average molecular weight is 276 g/mol. The van der Waals surface area contributed by atoms with Crippen molar-refractivity contribution in [2.75, 3.05) is 7.11 Å². The van der Waals surface area contributed by atoms with Crippen LogP contribution in [-0.2, 0) is 14.9 Å². The van der Waals surface area contributed by atoms with Gasteiger partial charge in [-0.05, 0) is 28.1 Å². The molecular weight excluding hydrogens is 262 g/mol. The molecule has 0 amide bonds. The lowest BCUT2D eigenvalue weighted by Crippen LogP contribution is -2.47. The van der Waals surface area contributed by atoms with Crippen LogP contribution in [0.25, 0.3) is 0 Å². The van der Waals surface area contributed by atoms with Gasteiger partial charge in [0.15, 0.2) is 4.67 Å². The number of carbonyl (C=O) groups is 1. The van der Waals surface area contributed by atoms with Gasteiger partial charge >= 0.3 is 5.97 Å². The van der Waals surface area contributed by atoms with Gasteiger partial charge in [-0.2, -0.15) is 0 Å². The molecule has 0 radical (unpaired) electrons. The highest BCUT2D eigenvalue weighted by molar-refractivity contribution is 9.10. The summed E-state index contributed by atoms with van der Waals surface area (Å²) in [6.45, 7) is 3.67.